The van der Waals surface area contributed by atoms with Crippen molar-refractivity contribution in [2.75, 3.05) is 0 Å². The molecule has 3 N–H and O–H groups in total. The molecule has 6 heteroatoms. The highest BCUT2D eigenvalue weighted by atomic mass is 35.7. The average molecular weight is 233 g/mol. The van der Waals surface area contributed by atoms with Crippen molar-refractivity contribution in [1.29, 1.82) is 5.41 Å². The zero-order chi connectivity index (χ0) is 10.8. The van der Waals surface area contributed by atoms with Crippen LogP contribution < -0.4 is 5.73 Å². The monoisotopic (exact) mass is 232 g/mol. The highest BCUT2D eigenvalue weighted by molar-refractivity contribution is 8.13. The maximum absolute atomic E-state index is 10.7. The van der Waals surface area contributed by atoms with Gasteiger partial charge in [-0.3, -0.25) is 5.41 Å². The molecule has 0 amide bonds. The van der Waals surface area contributed by atoms with E-state index in [2.05, 4.69) is 0 Å². The molecule has 1 rings (SSSR count). The van der Waals surface area contributed by atoms with Crippen LogP contribution in [0.5, 0.6) is 0 Å². The van der Waals surface area contributed by atoms with Crippen molar-refractivity contribution in [3.8, 4) is 0 Å². The van der Waals surface area contributed by atoms with Gasteiger partial charge in [0.15, 0.2) is 0 Å². The molecule has 0 aliphatic carbocycles. The number of halogens is 1. The number of nitrogen functional groups attached to an aromatic ring is 1. The molecule has 0 aromatic heterocycles. The summed E-state index contributed by atoms with van der Waals surface area (Å²) in [5.41, 5.74) is 6.36. The molecule has 0 aliphatic heterocycles. The molecule has 1 aromatic rings. The summed E-state index contributed by atoms with van der Waals surface area (Å²) in [6.07, 6.45) is 0. The molecule has 0 radical (unpaired) electrons. The third-order valence-electron chi connectivity index (χ3n) is 1.60. The first kappa shape index (κ1) is 11.0. The van der Waals surface area contributed by atoms with Crippen LogP contribution in [0.3, 0.4) is 0 Å². The van der Waals surface area contributed by atoms with Crippen molar-refractivity contribution >= 4 is 25.6 Å². The van der Waals surface area contributed by atoms with Gasteiger partial charge in [-0.15, -0.1) is 0 Å². The van der Waals surface area contributed by atoms with Crippen LogP contribution in [0.4, 0.5) is 0 Å². The summed E-state index contributed by atoms with van der Waals surface area (Å²) < 4.78 is 21.4. The zero-order valence-corrected chi connectivity index (χ0v) is 8.77. The van der Waals surface area contributed by atoms with Crippen LogP contribution in [0, 0.1) is 5.41 Å². The average Bonchev–Trinajstić information content (AvgIpc) is 2.02. The van der Waals surface area contributed by atoms with Gasteiger partial charge in [0, 0.05) is 16.2 Å². The lowest BCUT2D eigenvalue weighted by Gasteiger charge is -2.00. The van der Waals surface area contributed by atoms with Gasteiger partial charge in [0.25, 0.3) is 0 Å². The first-order valence-corrected chi connectivity index (χ1v) is 6.22. The molecular formula is C8H9ClN2O2S. The maximum Gasteiger partial charge on any atom is 0.236 e. The highest BCUT2D eigenvalue weighted by Gasteiger charge is 2.06. The molecule has 0 fully saturated rings. The van der Waals surface area contributed by atoms with E-state index in [1.165, 1.54) is 0 Å². The van der Waals surface area contributed by atoms with Crippen LogP contribution in [0.15, 0.2) is 24.3 Å². The van der Waals surface area contributed by atoms with E-state index in [0.29, 0.717) is 11.1 Å². The fraction of sp³-hybridized carbons (Fsp3) is 0.125. The topological polar surface area (TPSA) is 84.0 Å². The summed E-state index contributed by atoms with van der Waals surface area (Å²) in [5.74, 6) is -0.266. The van der Waals surface area contributed by atoms with Crippen LogP contribution in [0.25, 0.3) is 0 Å². The molecule has 0 heterocycles. The largest absolute Gasteiger partial charge is 0.384 e. The number of nitrogens with two attached hydrogens (primary N) is 1. The van der Waals surface area contributed by atoms with Gasteiger partial charge in [-0.25, -0.2) is 8.42 Å². The molecule has 0 saturated carbocycles. The van der Waals surface area contributed by atoms with Crippen molar-refractivity contribution in [2.24, 2.45) is 5.73 Å². The summed E-state index contributed by atoms with van der Waals surface area (Å²) in [5, 5.41) is 7.12. The quantitative estimate of drug-likeness (QED) is 0.464. The molecule has 14 heavy (non-hydrogen) atoms. The number of hydrogen-bond acceptors (Lipinski definition) is 3. The second-order valence-electron chi connectivity index (χ2n) is 2.79. The molecule has 0 aliphatic rings. The lowest BCUT2D eigenvalue weighted by Crippen LogP contribution is -2.10. The molecule has 4 nitrogen and oxygen atoms in total. The highest BCUT2D eigenvalue weighted by Crippen LogP contribution is 2.10. The molecule has 0 bridgehead atoms. The molecule has 0 spiro atoms. The minimum atomic E-state index is -3.52. The summed E-state index contributed by atoms with van der Waals surface area (Å²) in [7, 11) is 1.55. The van der Waals surface area contributed by atoms with Gasteiger partial charge < -0.3 is 5.73 Å². The Hall–Kier alpha value is -1.07. The standard InChI is InChI=1S/C8H9ClN2O2S/c9-14(12,13)5-6-1-3-7(4-2-6)8(10)11/h1-4H,5H2,(H3,10,11). The number of benzene rings is 1. The Kier molecular flexibility index (Phi) is 3.13. The Morgan fingerprint density at radius 2 is 1.86 bits per heavy atom. The molecule has 1 aromatic carbocycles. The van der Waals surface area contributed by atoms with Gasteiger partial charge in [-0.1, -0.05) is 24.3 Å². The molecule has 0 atom stereocenters. The van der Waals surface area contributed by atoms with Crippen LogP contribution in [0.2, 0.25) is 0 Å². The van der Waals surface area contributed by atoms with E-state index in [-0.39, 0.29) is 11.6 Å². The van der Waals surface area contributed by atoms with Crippen LogP contribution in [0.1, 0.15) is 11.1 Å². The predicted molar refractivity (Wildman–Crippen MR) is 55.9 cm³/mol. The van der Waals surface area contributed by atoms with Gasteiger partial charge in [0.1, 0.15) is 5.84 Å². The SMILES string of the molecule is N=C(N)c1ccc(CS(=O)(=O)Cl)cc1. The van der Waals surface area contributed by atoms with E-state index in [4.69, 9.17) is 21.8 Å². The Balaban J connectivity index is 2.90. The Bertz CT molecular complexity index is 439. The fourth-order valence-electron chi connectivity index (χ4n) is 0.980. The second-order valence-corrected chi connectivity index (χ2v) is 5.57. The van der Waals surface area contributed by atoms with Crippen molar-refractivity contribution in [2.45, 2.75) is 5.75 Å². The van der Waals surface area contributed by atoms with E-state index in [9.17, 15) is 8.42 Å². The first-order chi connectivity index (χ1) is 6.38. The van der Waals surface area contributed by atoms with Gasteiger partial charge in [0.05, 0.1) is 5.75 Å². The van der Waals surface area contributed by atoms with Crippen molar-refractivity contribution in [1.82, 2.24) is 0 Å². The summed E-state index contributed by atoms with van der Waals surface area (Å²) in [6, 6.07) is 6.33. The van der Waals surface area contributed by atoms with Gasteiger partial charge in [-0.05, 0) is 5.56 Å². The van der Waals surface area contributed by atoms with E-state index >= 15 is 0 Å². The summed E-state index contributed by atoms with van der Waals surface area (Å²) >= 11 is 0. The van der Waals surface area contributed by atoms with E-state index in [1.54, 1.807) is 24.3 Å². The minimum Gasteiger partial charge on any atom is -0.384 e. The number of amidine groups is 1. The Morgan fingerprint density at radius 1 is 1.36 bits per heavy atom. The second kappa shape index (κ2) is 3.98. The summed E-state index contributed by atoms with van der Waals surface area (Å²) in [6.45, 7) is 0. The summed E-state index contributed by atoms with van der Waals surface area (Å²) in [4.78, 5) is 0. The van der Waals surface area contributed by atoms with Crippen molar-refractivity contribution in [3.63, 3.8) is 0 Å². The van der Waals surface area contributed by atoms with E-state index in [1.807, 2.05) is 0 Å². The zero-order valence-electron chi connectivity index (χ0n) is 7.20. The minimum absolute atomic E-state index is 0.0507. The maximum atomic E-state index is 10.7. The molecule has 0 saturated heterocycles. The van der Waals surface area contributed by atoms with Gasteiger partial charge >= 0.3 is 0 Å². The number of nitrogens with one attached hydrogen (secondary N) is 1. The van der Waals surface area contributed by atoms with Crippen molar-refractivity contribution in [3.05, 3.63) is 35.4 Å². The van der Waals surface area contributed by atoms with Crippen molar-refractivity contribution < 1.29 is 8.42 Å². The molecular weight excluding hydrogens is 224 g/mol. The van der Waals surface area contributed by atoms with Crippen LogP contribution >= 0.6 is 10.7 Å². The third kappa shape index (κ3) is 3.35. The fourth-order valence-corrected chi connectivity index (χ4v) is 1.95. The smallest absolute Gasteiger partial charge is 0.236 e. The van der Waals surface area contributed by atoms with Gasteiger partial charge in [-0.2, -0.15) is 0 Å². The molecule has 76 valence electrons. The van der Waals surface area contributed by atoms with Crippen LogP contribution in [-0.2, 0) is 14.8 Å². The lowest BCUT2D eigenvalue weighted by atomic mass is 10.1. The Labute approximate surface area is 86.6 Å². The van der Waals surface area contributed by atoms with E-state index in [0.717, 1.165) is 0 Å². The van der Waals surface area contributed by atoms with E-state index < -0.39 is 9.05 Å². The normalized spacial score (nSPS) is 11.2. The molecule has 0 unspecified atom stereocenters. The van der Waals surface area contributed by atoms with Gasteiger partial charge in [0.2, 0.25) is 9.05 Å². The lowest BCUT2D eigenvalue weighted by molar-refractivity contribution is 0.609. The predicted octanol–water partition coefficient (Wildman–Crippen LogP) is 1.04. The first-order valence-electron chi connectivity index (χ1n) is 3.74. The number of hydrogen-bond donors (Lipinski definition) is 2. The third-order valence-corrected chi connectivity index (χ3v) is 2.61. The number of rotatable bonds is 3. The van der Waals surface area contributed by atoms with Crippen LogP contribution in [-0.4, -0.2) is 14.3 Å². The Morgan fingerprint density at radius 3 is 2.21 bits per heavy atom.